The smallest absolute Gasteiger partial charge is 0.0178 e. The SMILES string of the molecule is C=C(C)c1cccc(-c2ccc(-c3ccc(-c4ccccc4)cc3)cc2)c1. The molecule has 0 saturated carbocycles. The van der Waals surface area contributed by atoms with Crippen LogP contribution in [0.3, 0.4) is 0 Å². The highest BCUT2D eigenvalue weighted by Gasteiger charge is 2.03. The first-order valence-electron chi connectivity index (χ1n) is 9.23. The van der Waals surface area contributed by atoms with Gasteiger partial charge >= 0.3 is 0 Å². The van der Waals surface area contributed by atoms with E-state index < -0.39 is 0 Å². The molecule has 0 unspecified atom stereocenters. The van der Waals surface area contributed by atoms with Crippen LogP contribution in [0, 0.1) is 0 Å². The molecule has 0 heteroatoms. The Balaban J connectivity index is 1.59. The molecule has 0 aliphatic carbocycles. The highest BCUT2D eigenvalue weighted by atomic mass is 14.1. The zero-order chi connectivity index (χ0) is 18.6. The maximum Gasteiger partial charge on any atom is -0.0178 e. The van der Waals surface area contributed by atoms with Crippen LogP contribution in [-0.2, 0) is 0 Å². The molecule has 0 spiro atoms. The Hall–Kier alpha value is -3.38. The van der Waals surface area contributed by atoms with Crippen molar-refractivity contribution in [2.75, 3.05) is 0 Å². The molecule has 0 atom stereocenters. The highest BCUT2D eigenvalue weighted by Crippen LogP contribution is 2.28. The molecule has 4 rings (SSSR count). The molecule has 0 fully saturated rings. The van der Waals surface area contributed by atoms with E-state index in [1.807, 2.05) is 13.0 Å². The van der Waals surface area contributed by atoms with E-state index >= 15 is 0 Å². The van der Waals surface area contributed by atoms with Crippen molar-refractivity contribution in [1.29, 1.82) is 0 Å². The van der Waals surface area contributed by atoms with Crippen LogP contribution >= 0.6 is 0 Å². The minimum Gasteiger partial charge on any atom is -0.0955 e. The Labute approximate surface area is 161 Å². The summed E-state index contributed by atoms with van der Waals surface area (Å²) in [6, 6.07) is 36.6. The molecule has 0 amide bonds. The summed E-state index contributed by atoms with van der Waals surface area (Å²) in [4.78, 5) is 0. The van der Waals surface area contributed by atoms with E-state index in [9.17, 15) is 0 Å². The summed E-state index contributed by atoms with van der Waals surface area (Å²) >= 11 is 0. The van der Waals surface area contributed by atoms with Crippen LogP contribution in [0.15, 0.2) is 110 Å². The Bertz CT molecular complexity index is 1050. The minimum absolute atomic E-state index is 1.09. The van der Waals surface area contributed by atoms with E-state index in [0.29, 0.717) is 0 Å². The number of hydrogen-bond acceptors (Lipinski definition) is 0. The second-order valence-corrected chi connectivity index (χ2v) is 6.88. The molecule has 4 aromatic carbocycles. The van der Waals surface area contributed by atoms with Crippen LogP contribution in [0.1, 0.15) is 12.5 Å². The van der Waals surface area contributed by atoms with E-state index in [2.05, 4.69) is 104 Å². The molecule has 0 nitrogen and oxygen atoms in total. The van der Waals surface area contributed by atoms with Crippen molar-refractivity contribution in [1.82, 2.24) is 0 Å². The lowest BCUT2D eigenvalue weighted by Crippen LogP contribution is -1.83. The largest absolute Gasteiger partial charge is 0.0955 e. The van der Waals surface area contributed by atoms with Crippen LogP contribution in [0.25, 0.3) is 39.0 Å². The summed E-state index contributed by atoms with van der Waals surface area (Å²) in [5.74, 6) is 0. The molecule has 0 heterocycles. The van der Waals surface area contributed by atoms with Crippen molar-refractivity contribution < 1.29 is 0 Å². The number of rotatable bonds is 4. The lowest BCUT2D eigenvalue weighted by molar-refractivity contribution is 1.55. The average molecular weight is 346 g/mol. The lowest BCUT2D eigenvalue weighted by atomic mass is 9.97. The Kier molecular flexibility index (Phi) is 4.72. The van der Waals surface area contributed by atoms with Crippen LogP contribution in [0.5, 0.6) is 0 Å². The van der Waals surface area contributed by atoms with Gasteiger partial charge in [0, 0.05) is 0 Å². The molecule has 0 aliphatic rings. The quantitative estimate of drug-likeness (QED) is 0.355. The van der Waals surface area contributed by atoms with E-state index in [4.69, 9.17) is 0 Å². The van der Waals surface area contributed by atoms with Crippen molar-refractivity contribution in [2.45, 2.75) is 6.92 Å². The molecular weight excluding hydrogens is 324 g/mol. The van der Waals surface area contributed by atoms with Gasteiger partial charge in [-0.1, -0.05) is 109 Å². The predicted octanol–water partition coefficient (Wildman–Crippen LogP) is 7.72. The Morgan fingerprint density at radius 1 is 0.481 bits per heavy atom. The topological polar surface area (TPSA) is 0 Å². The maximum atomic E-state index is 4.04. The van der Waals surface area contributed by atoms with Gasteiger partial charge in [0.15, 0.2) is 0 Å². The third-order valence-electron chi connectivity index (χ3n) is 4.90. The first kappa shape index (κ1) is 17.1. The van der Waals surface area contributed by atoms with Crippen LogP contribution in [0.4, 0.5) is 0 Å². The zero-order valence-corrected chi connectivity index (χ0v) is 15.5. The van der Waals surface area contributed by atoms with Gasteiger partial charge in [0.25, 0.3) is 0 Å². The van der Waals surface area contributed by atoms with E-state index in [1.165, 1.54) is 38.9 Å². The minimum atomic E-state index is 1.09. The van der Waals surface area contributed by atoms with Crippen molar-refractivity contribution >= 4 is 5.57 Å². The van der Waals surface area contributed by atoms with E-state index in [0.717, 1.165) is 5.57 Å². The molecule has 0 bridgehead atoms. The molecule has 130 valence electrons. The van der Waals surface area contributed by atoms with Crippen LogP contribution in [-0.4, -0.2) is 0 Å². The highest BCUT2D eigenvalue weighted by molar-refractivity contribution is 5.75. The molecule has 4 aromatic rings. The van der Waals surface area contributed by atoms with Crippen LogP contribution < -0.4 is 0 Å². The molecule has 0 radical (unpaired) electrons. The lowest BCUT2D eigenvalue weighted by Gasteiger charge is -2.08. The summed E-state index contributed by atoms with van der Waals surface area (Å²) < 4.78 is 0. The average Bonchev–Trinajstić information content (AvgIpc) is 2.75. The standard InChI is InChI=1S/C27H22/c1-20(2)26-9-6-10-27(19-26)25-17-15-24(16-18-25)23-13-11-22(12-14-23)21-7-4-3-5-8-21/h3-19H,1H2,2H3. The second kappa shape index (κ2) is 7.47. The molecule has 0 N–H and O–H groups in total. The van der Waals surface area contributed by atoms with E-state index in [-0.39, 0.29) is 0 Å². The molecule has 0 aromatic heterocycles. The number of allylic oxidation sites excluding steroid dienone is 1. The Morgan fingerprint density at radius 3 is 1.37 bits per heavy atom. The first-order valence-corrected chi connectivity index (χ1v) is 9.23. The van der Waals surface area contributed by atoms with Crippen molar-refractivity contribution in [3.8, 4) is 33.4 Å². The normalized spacial score (nSPS) is 10.6. The van der Waals surface area contributed by atoms with Gasteiger partial charge in [-0.25, -0.2) is 0 Å². The third kappa shape index (κ3) is 3.75. The zero-order valence-electron chi connectivity index (χ0n) is 15.5. The number of benzene rings is 4. The monoisotopic (exact) mass is 346 g/mol. The van der Waals surface area contributed by atoms with Gasteiger partial charge in [-0.3, -0.25) is 0 Å². The van der Waals surface area contributed by atoms with E-state index in [1.54, 1.807) is 0 Å². The predicted molar refractivity (Wildman–Crippen MR) is 117 cm³/mol. The fourth-order valence-corrected chi connectivity index (χ4v) is 3.31. The van der Waals surface area contributed by atoms with Gasteiger partial charge in [-0.15, -0.1) is 0 Å². The molecule has 27 heavy (non-hydrogen) atoms. The summed E-state index contributed by atoms with van der Waals surface area (Å²) in [7, 11) is 0. The maximum absolute atomic E-state index is 4.04. The van der Waals surface area contributed by atoms with Crippen molar-refractivity contribution in [3.63, 3.8) is 0 Å². The Morgan fingerprint density at radius 2 is 0.889 bits per heavy atom. The summed E-state index contributed by atoms with van der Waals surface area (Å²) in [6.07, 6.45) is 0. The first-order chi connectivity index (χ1) is 13.2. The summed E-state index contributed by atoms with van der Waals surface area (Å²) in [6.45, 7) is 6.09. The molecular formula is C27H22. The number of hydrogen-bond donors (Lipinski definition) is 0. The molecule has 0 saturated heterocycles. The van der Waals surface area contributed by atoms with Gasteiger partial charge in [0.05, 0.1) is 0 Å². The third-order valence-corrected chi connectivity index (χ3v) is 4.90. The fraction of sp³-hybridized carbons (Fsp3) is 0.0370. The van der Waals surface area contributed by atoms with Gasteiger partial charge in [0.2, 0.25) is 0 Å². The second-order valence-electron chi connectivity index (χ2n) is 6.88. The van der Waals surface area contributed by atoms with Gasteiger partial charge in [-0.05, 0) is 51.9 Å². The van der Waals surface area contributed by atoms with Gasteiger partial charge < -0.3 is 0 Å². The van der Waals surface area contributed by atoms with Gasteiger partial charge in [-0.2, -0.15) is 0 Å². The van der Waals surface area contributed by atoms with Crippen LogP contribution in [0.2, 0.25) is 0 Å². The van der Waals surface area contributed by atoms with Gasteiger partial charge in [0.1, 0.15) is 0 Å². The summed E-state index contributed by atoms with van der Waals surface area (Å²) in [5.41, 5.74) is 9.68. The summed E-state index contributed by atoms with van der Waals surface area (Å²) in [5, 5.41) is 0. The fourth-order valence-electron chi connectivity index (χ4n) is 3.31. The molecule has 0 aliphatic heterocycles. The van der Waals surface area contributed by atoms with Crippen molar-refractivity contribution in [2.24, 2.45) is 0 Å². The van der Waals surface area contributed by atoms with Crippen molar-refractivity contribution in [3.05, 3.63) is 115 Å².